The largest absolute Gasteiger partial charge is 0.504 e. The van der Waals surface area contributed by atoms with Crippen molar-refractivity contribution >= 4 is 11.9 Å². The van der Waals surface area contributed by atoms with E-state index in [4.69, 9.17) is 24.2 Å². The number of phenolic OH excluding ortho intramolecular Hbond substituents is 6. The van der Waals surface area contributed by atoms with E-state index in [0.29, 0.717) is 12.1 Å². The van der Waals surface area contributed by atoms with Crippen molar-refractivity contribution in [3.05, 3.63) is 35.4 Å². The summed E-state index contributed by atoms with van der Waals surface area (Å²) in [6, 6.07) is 2.92. The van der Waals surface area contributed by atoms with Crippen molar-refractivity contribution in [2.75, 3.05) is 13.2 Å². The summed E-state index contributed by atoms with van der Waals surface area (Å²) in [5, 5.41) is 91.9. The summed E-state index contributed by atoms with van der Waals surface area (Å²) in [5.74, 6) is -9.72. The molecule has 0 radical (unpaired) electrons. The second-order valence-corrected chi connectivity index (χ2v) is 8.55. The van der Waals surface area contributed by atoms with Gasteiger partial charge in [0.25, 0.3) is 0 Å². The van der Waals surface area contributed by atoms with Crippen LogP contribution in [-0.4, -0.2) is 96.7 Å². The number of fused-ring (bicyclic) bond motifs is 5. The van der Waals surface area contributed by atoms with Crippen LogP contribution in [0.15, 0.2) is 24.3 Å². The molecule has 2 aromatic rings. The molecule has 0 unspecified atom stereocenters. The Morgan fingerprint density at radius 2 is 1.46 bits per heavy atom. The van der Waals surface area contributed by atoms with E-state index in [1.165, 1.54) is 0 Å². The zero-order chi connectivity index (χ0) is 28.8. The number of esters is 2. The molecule has 0 amide bonds. The molecule has 2 aromatic carbocycles. The number of benzene rings is 2. The van der Waals surface area contributed by atoms with Crippen LogP contribution in [-0.2, 0) is 18.9 Å². The summed E-state index contributed by atoms with van der Waals surface area (Å²) < 4.78 is 21.2. The fourth-order valence-corrected chi connectivity index (χ4v) is 4.07. The van der Waals surface area contributed by atoms with Crippen LogP contribution in [0.4, 0.5) is 0 Å². The minimum atomic E-state index is -1.89. The van der Waals surface area contributed by atoms with Gasteiger partial charge in [0.05, 0.1) is 23.8 Å². The van der Waals surface area contributed by atoms with Gasteiger partial charge < -0.3 is 59.8 Å². The number of aliphatic hydroxyl groups excluding tert-OH is 2. The van der Waals surface area contributed by atoms with Gasteiger partial charge in [-0.2, -0.15) is 5.26 Å². The molecule has 8 N–H and O–H groups in total. The summed E-state index contributed by atoms with van der Waals surface area (Å²) in [5.41, 5.74) is -3.28. The first-order chi connectivity index (χ1) is 18.4. The Labute approximate surface area is 218 Å². The number of hydrogen-bond donors (Lipinski definition) is 8. The highest BCUT2D eigenvalue weighted by atomic mass is 16.7. The third-order valence-corrected chi connectivity index (χ3v) is 6.04. The molecule has 4 rings (SSSR count). The van der Waals surface area contributed by atoms with Crippen LogP contribution in [0.2, 0.25) is 0 Å². The number of phenols is 6. The first kappa shape index (κ1) is 27.3. The number of hydrogen-bond acceptors (Lipinski definition) is 15. The van der Waals surface area contributed by atoms with Gasteiger partial charge in [0, 0.05) is 16.7 Å². The highest BCUT2D eigenvalue weighted by Crippen LogP contribution is 2.52. The van der Waals surface area contributed by atoms with Crippen molar-refractivity contribution in [1.29, 1.82) is 5.26 Å². The minimum absolute atomic E-state index is 0.0676. The Morgan fingerprint density at radius 3 is 2.00 bits per heavy atom. The average molecular weight is 547 g/mol. The second kappa shape index (κ2) is 10.2. The van der Waals surface area contributed by atoms with Gasteiger partial charge in [0.15, 0.2) is 35.4 Å². The van der Waals surface area contributed by atoms with Gasteiger partial charge in [0.1, 0.15) is 24.9 Å². The molecule has 1 fully saturated rings. The molecular formula is C24H21NO14. The van der Waals surface area contributed by atoms with E-state index in [1.54, 1.807) is 6.07 Å². The molecule has 5 atom stereocenters. The Balaban J connectivity index is 1.92. The molecule has 0 spiro atoms. The zero-order valence-electron chi connectivity index (χ0n) is 19.6. The maximum Gasteiger partial charge on any atom is 0.339 e. The van der Waals surface area contributed by atoms with Crippen LogP contribution >= 0.6 is 0 Å². The normalized spacial score (nSPS) is 24.6. The molecular weight excluding hydrogens is 526 g/mol. The van der Waals surface area contributed by atoms with Crippen LogP contribution < -0.4 is 0 Å². The van der Waals surface area contributed by atoms with E-state index < -0.39 is 113 Å². The molecule has 2 aliphatic heterocycles. The number of nitriles is 1. The van der Waals surface area contributed by atoms with Crippen LogP contribution in [0.3, 0.4) is 0 Å². The van der Waals surface area contributed by atoms with Gasteiger partial charge >= 0.3 is 11.9 Å². The van der Waals surface area contributed by atoms with E-state index in [9.17, 15) is 50.4 Å². The number of ether oxygens (including phenoxy) is 4. The highest BCUT2D eigenvalue weighted by Gasteiger charge is 2.49. The smallest absolute Gasteiger partial charge is 0.339 e. The lowest BCUT2D eigenvalue weighted by atomic mass is 9.91. The molecule has 206 valence electrons. The van der Waals surface area contributed by atoms with E-state index in [0.717, 1.165) is 0 Å². The van der Waals surface area contributed by atoms with Gasteiger partial charge in [-0.3, -0.25) is 0 Å². The number of aliphatic hydroxyl groups is 2. The Morgan fingerprint density at radius 1 is 0.923 bits per heavy atom. The SMILES string of the molecule is C=C(C#N)CO[C@H]1O[C@H]2COC(=O)c3cc(O)c(O)c(O)c3-c3c(cc(O)c(O)c3O)C(=O)O[C@@H]([C@@H]1O)[C@@H]2O. The minimum Gasteiger partial charge on any atom is -0.504 e. The lowest BCUT2D eigenvalue weighted by Gasteiger charge is -2.41. The Kier molecular flexibility index (Phi) is 7.13. The molecule has 2 aliphatic rings. The quantitative estimate of drug-likeness (QED) is 0.141. The van der Waals surface area contributed by atoms with Gasteiger partial charge in [-0.05, 0) is 12.1 Å². The lowest BCUT2D eigenvalue weighted by Crippen LogP contribution is -2.60. The predicted molar refractivity (Wildman–Crippen MR) is 123 cm³/mol. The molecule has 1 saturated heterocycles. The summed E-state index contributed by atoms with van der Waals surface area (Å²) in [4.78, 5) is 26.4. The molecule has 0 aliphatic carbocycles. The van der Waals surface area contributed by atoms with Gasteiger partial charge in [-0.1, -0.05) is 6.58 Å². The zero-order valence-corrected chi connectivity index (χ0v) is 19.6. The van der Waals surface area contributed by atoms with Gasteiger partial charge in [0.2, 0.25) is 11.5 Å². The van der Waals surface area contributed by atoms with Gasteiger partial charge in [-0.15, -0.1) is 0 Å². The van der Waals surface area contributed by atoms with Crippen molar-refractivity contribution in [1.82, 2.24) is 0 Å². The Hall–Kier alpha value is -4.75. The van der Waals surface area contributed by atoms with Crippen molar-refractivity contribution in [2.24, 2.45) is 0 Å². The average Bonchev–Trinajstić information content (AvgIpc) is 2.90. The van der Waals surface area contributed by atoms with Crippen molar-refractivity contribution in [2.45, 2.75) is 30.7 Å². The third kappa shape index (κ3) is 4.69. The van der Waals surface area contributed by atoms with Crippen molar-refractivity contribution < 1.29 is 69.4 Å². The fraction of sp³-hybridized carbons (Fsp3) is 0.292. The number of rotatable bonds is 3. The maximum absolute atomic E-state index is 13.3. The summed E-state index contributed by atoms with van der Waals surface area (Å²) in [7, 11) is 0. The van der Waals surface area contributed by atoms with E-state index in [2.05, 4.69) is 6.58 Å². The molecule has 39 heavy (non-hydrogen) atoms. The number of nitrogens with zero attached hydrogens (tertiary/aromatic N) is 1. The topological polar surface area (TPSA) is 257 Å². The molecule has 0 aromatic heterocycles. The summed E-state index contributed by atoms with van der Waals surface area (Å²) in [6.45, 7) is 2.21. The molecule has 2 bridgehead atoms. The number of aromatic hydroxyl groups is 6. The van der Waals surface area contributed by atoms with E-state index >= 15 is 0 Å². The van der Waals surface area contributed by atoms with E-state index in [1.807, 2.05) is 0 Å². The number of cyclic esters (lactones) is 1. The standard InChI is InChI=1S/C24H21NO14/c1-7(4-25)5-37-24-20(33)21-17(30)12(38-24)6-36-22(34)8-2-10(26)15(28)18(31)13(8)14-9(23(35)39-21)3-11(27)16(29)19(14)32/h2-3,12,17,20-21,24,26-33H,1,5-6H2/t12-,17+,20-,21+,24-/m0/s1. The maximum atomic E-state index is 13.3. The van der Waals surface area contributed by atoms with Crippen LogP contribution in [0.5, 0.6) is 34.5 Å². The second-order valence-electron chi connectivity index (χ2n) is 8.55. The predicted octanol–water partition coefficient (Wildman–Crippen LogP) is -0.174. The van der Waals surface area contributed by atoms with E-state index in [-0.39, 0.29) is 5.57 Å². The number of carbonyl (C=O) groups excluding carboxylic acids is 2. The van der Waals surface area contributed by atoms with Crippen LogP contribution in [0, 0.1) is 11.3 Å². The Bertz CT molecular complexity index is 1410. The lowest BCUT2D eigenvalue weighted by molar-refractivity contribution is -0.297. The molecule has 0 saturated carbocycles. The summed E-state index contributed by atoms with van der Waals surface area (Å²) in [6.07, 6.45) is -8.73. The molecule has 15 nitrogen and oxygen atoms in total. The van der Waals surface area contributed by atoms with Crippen LogP contribution in [0.25, 0.3) is 11.1 Å². The van der Waals surface area contributed by atoms with Crippen molar-refractivity contribution in [3.8, 4) is 51.7 Å². The van der Waals surface area contributed by atoms with Gasteiger partial charge in [-0.25, -0.2) is 9.59 Å². The highest BCUT2D eigenvalue weighted by molar-refractivity contribution is 6.08. The third-order valence-electron chi connectivity index (χ3n) is 6.04. The monoisotopic (exact) mass is 547 g/mol. The first-order valence-corrected chi connectivity index (χ1v) is 11.0. The first-order valence-electron chi connectivity index (χ1n) is 11.0. The van der Waals surface area contributed by atoms with Crippen molar-refractivity contribution in [3.63, 3.8) is 0 Å². The fourth-order valence-electron chi connectivity index (χ4n) is 4.07. The molecule has 15 heteroatoms. The summed E-state index contributed by atoms with van der Waals surface area (Å²) >= 11 is 0. The van der Waals surface area contributed by atoms with Crippen LogP contribution in [0.1, 0.15) is 20.7 Å². The molecule has 2 heterocycles. The number of carbonyl (C=O) groups is 2.